The van der Waals surface area contributed by atoms with Crippen LogP contribution in [-0.4, -0.2) is 44.3 Å². The Kier molecular flexibility index (Phi) is 6.59. The number of benzene rings is 1. The monoisotopic (exact) mass is 316 g/mol. The maximum absolute atomic E-state index is 6.21. The third kappa shape index (κ3) is 4.90. The van der Waals surface area contributed by atoms with Crippen LogP contribution < -0.4 is 5.32 Å². The molecule has 1 atom stereocenters. The van der Waals surface area contributed by atoms with E-state index in [0.717, 1.165) is 56.4 Å². The van der Waals surface area contributed by atoms with Gasteiger partial charge in [0.25, 0.3) is 0 Å². The van der Waals surface area contributed by atoms with Gasteiger partial charge in [-0.3, -0.25) is 4.90 Å². The van der Waals surface area contributed by atoms with Gasteiger partial charge in [0.05, 0.1) is 13.2 Å². The van der Waals surface area contributed by atoms with E-state index in [-0.39, 0.29) is 6.04 Å². The number of hydrogen-bond donors (Lipinski definition) is 1. The summed E-state index contributed by atoms with van der Waals surface area (Å²) in [5.41, 5.74) is 1.10. The maximum atomic E-state index is 6.21. The number of nitrogens with one attached hydrogen (secondary N) is 1. The second kappa shape index (κ2) is 8.20. The molecule has 1 saturated heterocycles. The molecule has 1 fully saturated rings. The fourth-order valence-electron chi connectivity index (χ4n) is 2.41. The molecule has 2 rings (SSSR count). The molecule has 20 heavy (non-hydrogen) atoms. The molecular weight excluding hydrogens is 295 g/mol. The normalized spacial score (nSPS) is 18.1. The highest BCUT2D eigenvalue weighted by Crippen LogP contribution is 2.25. The fraction of sp³-hybridized carbons (Fsp3) is 0.600. The summed E-state index contributed by atoms with van der Waals surface area (Å²) in [4.78, 5) is 2.45. The lowest BCUT2D eigenvalue weighted by atomic mass is 10.1. The highest BCUT2D eigenvalue weighted by atomic mass is 35.5. The van der Waals surface area contributed by atoms with Gasteiger partial charge in [0.1, 0.15) is 0 Å². The molecule has 3 nitrogen and oxygen atoms in total. The van der Waals surface area contributed by atoms with E-state index in [4.69, 9.17) is 27.9 Å². The SMILES string of the molecule is CC(NCCCN1CCOCC1)c1ccc(Cl)cc1Cl. The Hall–Kier alpha value is -0.320. The third-order valence-electron chi connectivity index (χ3n) is 3.63. The number of ether oxygens (including phenoxy) is 1. The van der Waals surface area contributed by atoms with Gasteiger partial charge >= 0.3 is 0 Å². The van der Waals surface area contributed by atoms with E-state index >= 15 is 0 Å². The summed E-state index contributed by atoms with van der Waals surface area (Å²) in [7, 11) is 0. The number of rotatable bonds is 6. The van der Waals surface area contributed by atoms with Crippen LogP contribution in [0.5, 0.6) is 0 Å². The van der Waals surface area contributed by atoms with Gasteiger partial charge in [-0.25, -0.2) is 0 Å². The van der Waals surface area contributed by atoms with Crippen LogP contribution >= 0.6 is 23.2 Å². The minimum absolute atomic E-state index is 0.240. The lowest BCUT2D eigenvalue weighted by molar-refractivity contribution is 0.0374. The molecule has 1 aliphatic rings. The van der Waals surface area contributed by atoms with Crippen LogP contribution in [0, 0.1) is 0 Å². The first-order chi connectivity index (χ1) is 9.66. The fourth-order valence-corrected chi connectivity index (χ4v) is 2.98. The molecule has 5 heteroatoms. The van der Waals surface area contributed by atoms with E-state index in [2.05, 4.69) is 17.1 Å². The van der Waals surface area contributed by atoms with E-state index in [0.29, 0.717) is 5.02 Å². The molecule has 1 aliphatic heterocycles. The number of halogens is 2. The molecule has 0 aromatic heterocycles. The number of morpholine rings is 1. The van der Waals surface area contributed by atoms with Crippen molar-refractivity contribution in [1.82, 2.24) is 10.2 Å². The average Bonchev–Trinajstić information content (AvgIpc) is 2.44. The number of nitrogens with zero attached hydrogens (tertiary/aromatic N) is 1. The van der Waals surface area contributed by atoms with Crippen LogP contribution in [0.25, 0.3) is 0 Å². The molecule has 0 spiro atoms. The van der Waals surface area contributed by atoms with Gasteiger partial charge in [-0.05, 0) is 44.1 Å². The van der Waals surface area contributed by atoms with Gasteiger partial charge in [-0.15, -0.1) is 0 Å². The Labute approximate surface area is 131 Å². The molecule has 0 radical (unpaired) electrons. The maximum Gasteiger partial charge on any atom is 0.0594 e. The van der Waals surface area contributed by atoms with Gasteiger partial charge in [0.2, 0.25) is 0 Å². The molecular formula is C15H22Cl2N2O. The summed E-state index contributed by atoms with van der Waals surface area (Å²) in [6, 6.07) is 5.91. The van der Waals surface area contributed by atoms with Crippen LogP contribution in [0.2, 0.25) is 10.0 Å². The quantitative estimate of drug-likeness (QED) is 0.814. The Morgan fingerprint density at radius 3 is 2.75 bits per heavy atom. The van der Waals surface area contributed by atoms with Crippen molar-refractivity contribution in [3.8, 4) is 0 Å². The van der Waals surface area contributed by atoms with Crippen molar-refractivity contribution in [1.29, 1.82) is 0 Å². The van der Waals surface area contributed by atoms with Gasteiger partial charge < -0.3 is 10.1 Å². The Bertz CT molecular complexity index is 422. The van der Waals surface area contributed by atoms with Crippen molar-refractivity contribution < 1.29 is 4.74 Å². The van der Waals surface area contributed by atoms with Crippen LogP contribution in [0.1, 0.15) is 24.9 Å². The highest BCUT2D eigenvalue weighted by Gasteiger charge is 2.11. The Morgan fingerprint density at radius 1 is 1.30 bits per heavy atom. The van der Waals surface area contributed by atoms with Crippen molar-refractivity contribution >= 4 is 23.2 Å². The molecule has 112 valence electrons. The van der Waals surface area contributed by atoms with E-state index in [1.807, 2.05) is 12.1 Å². The molecule has 0 aliphatic carbocycles. The van der Waals surface area contributed by atoms with Gasteiger partial charge in [-0.2, -0.15) is 0 Å². The molecule has 0 amide bonds. The van der Waals surface area contributed by atoms with E-state index in [1.165, 1.54) is 0 Å². The molecule has 1 heterocycles. The summed E-state index contributed by atoms with van der Waals surface area (Å²) >= 11 is 12.1. The second-order valence-electron chi connectivity index (χ2n) is 5.15. The molecule has 1 unspecified atom stereocenters. The molecule has 0 saturated carbocycles. The zero-order valence-electron chi connectivity index (χ0n) is 11.9. The first-order valence-corrected chi connectivity index (χ1v) is 7.91. The first-order valence-electron chi connectivity index (χ1n) is 7.15. The predicted octanol–water partition coefficient (Wildman–Crippen LogP) is 3.37. The smallest absolute Gasteiger partial charge is 0.0594 e. The van der Waals surface area contributed by atoms with Crippen molar-refractivity contribution in [2.24, 2.45) is 0 Å². The molecule has 1 aromatic carbocycles. The van der Waals surface area contributed by atoms with Crippen LogP contribution in [0.3, 0.4) is 0 Å². The summed E-state index contributed by atoms with van der Waals surface area (Å²) in [5.74, 6) is 0. The Morgan fingerprint density at radius 2 is 2.05 bits per heavy atom. The summed E-state index contributed by atoms with van der Waals surface area (Å²) in [6.45, 7) is 8.07. The molecule has 0 bridgehead atoms. The minimum Gasteiger partial charge on any atom is -0.379 e. The predicted molar refractivity (Wildman–Crippen MR) is 84.8 cm³/mol. The van der Waals surface area contributed by atoms with Crippen molar-refractivity contribution in [2.75, 3.05) is 39.4 Å². The summed E-state index contributed by atoms with van der Waals surface area (Å²) in [5, 5.41) is 4.92. The van der Waals surface area contributed by atoms with E-state index in [9.17, 15) is 0 Å². The van der Waals surface area contributed by atoms with Crippen LogP contribution in [-0.2, 0) is 4.74 Å². The van der Waals surface area contributed by atoms with Gasteiger partial charge in [0, 0.05) is 29.2 Å². The van der Waals surface area contributed by atoms with Gasteiger partial charge in [-0.1, -0.05) is 29.3 Å². The van der Waals surface area contributed by atoms with Crippen molar-refractivity contribution in [3.05, 3.63) is 33.8 Å². The minimum atomic E-state index is 0.240. The van der Waals surface area contributed by atoms with E-state index in [1.54, 1.807) is 6.07 Å². The number of hydrogen-bond acceptors (Lipinski definition) is 3. The third-order valence-corrected chi connectivity index (χ3v) is 4.20. The zero-order valence-corrected chi connectivity index (χ0v) is 13.4. The molecule has 1 aromatic rings. The van der Waals surface area contributed by atoms with Crippen LogP contribution in [0.15, 0.2) is 18.2 Å². The average molecular weight is 317 g/mol. The van der Waals surface area contributed by atoms with Crippen molar-refractivity contribution in [2.45, 2.75) is 19.4 Å². The second-order valence-corrected chi connectivity index (χ2v) is 5.99. The largest absolute Gasteiger partial charge is 0.379 e. The lowest BCUT2D eigenvalue weighted by Gasteiger charge is -2.26. The zero-order chi connectivity index (χ0) is 14.4. The highest BCUT2D eigenvalue weighted by molar-refractivity contribution is 6.35. The topological polar surface area (TPSA) is 24.5 Å². The van der Waals surface area contributed by atoms with E-state index < -0.39 is 0 Å². The standard InChI is InChI=1S/C15H22Cl2N2O/c1-12(14-4-3-13(16)11-15(14)17)18-5-2-6-19-7-9-20-10-8-19/h3-4,11-12,18H,2,5-10H2,1H3. The van der Waals surface area contributed by atoms with Crippen molar-refractivity contribution in [3.63, 3.8) is 0 Å². The first kappa shape index (κ1) is 16.1. The summed E-state index contributed by atoms with van der Waals surface area (Å²) < 4.78 is 5.34. The van der Waals surface area contributed by atoms with Crippen LogP contribution in [0.4, 0.5) is 0 Å². The Balaban J connectivity index is 1.70. The molecule has 1 N–H and O–H groups in total. The lowest BCUT2D eigenvalue weighted by Crippen LogP contribution is -2.37. The van der Waals surface area contributed by atoms with Gasteiger partial charge in [0.15, 0.2) is 0 Å². The summed E-state index contributed by atoms with van der Waals surface area (Å²) in [6.07, 6.45) is 1.13.